The van der Waals surface area contributed by atoms with Crippen LogP contribution in [0.4, 0.5) is 4.79 Å². The minimum atomic E-state index is -0.472. The molecule has 0 atom stereocenters. The smallest absolute Gasteiger partial charge is 0.407 e. The quantitative estimate of drug-likeness (QED) is 0.0634. The van der Waals surface area contributed by atoms with Gasteiger partial charge in [0.2, 0.25) is 0 Å². The Kier molecular flexibility index (Phi) is 46.9. The van der Waals surface area contributed by atoms with Crippen LogP contribution in [0.15, 0.2) is 30.3 Å². The van der Waals surface area contributed by atoms with Crippen molar-refractivity contribution in [1.29, 1.82) is 0 Å². The van der Waals surface area contributed by atoms with Crippen LogP contribution in [0.5, 0.6) is 0 Å². The molecular formula is C46H83NO16. The number of hydrogen-bond acceptors (Lipinski definition) is 16. The number of amides is 1. The Balaban J connectivity index is 1.63. The highest BCUT2D eigenvalue weighted by molar-refractivity contribution is 5.69. The van der Waals surface area contributed by atoms with Crippen molar-refractivity contribution in [2.75, 3.05) is 172 Å². The van der Waals surface area contributed by atoms with Crippen molar-refractivity contribution in [3.05, 3.63) is 35.9 Å². The molecule has 0 aliphatic carbocycles. The van der Waals surface area contributed by atoms with Crippen molar-refractivity contribution in [1.82, 2.24) is 5.32 Å². The van der Waals surface area contributed by atoms with Gasteiger partial charge in [0.05, 0.1) is 159 Å². The summed E-state index contributed by atoms with van der Waals surface area (Å²) in [6.07, 6.45) is 11.1. The summed E-state index contributed by atoms with van der Waals surface area (Å²) >= 11 is 0. The van der Waals surface area contributed by atoms with Crippen LogP contribution < -0.4 is 5.32 Å². The minimum absolute atomic E-state index is 0.142. The zero-order chi connectivity index (χ0) is 45.0. The van der Waals surface area contributed by atoms with Crippen LogP contribution in [0, 0.1) is 0 Å². The van der Waals surface area contributed by atoms with Gasteiger partial charge in [0, 0.05) is 13.0 Å². The van der Waals surface area contributed by atoms with Crippen molar-refractivity contribution in [2.45, 2.75) is 77.7 Å². The fourth-order valence-corrected chi connectivity index (χ4v) is 5.39. The van der Waals surface area contributed by atoms with E-state index in [0.717, 1.165) is 18.4 Å². The third kappa shape index (κ3) is 47.3. The number of carbonyl (C=O) groups is 2. The number of unbranched alkanes of at least 4 members (excludes halogenated alkanes) is 8. The third-order valence-electron chi connectivity index (χ3n) is 8.80. The van der Waals surface area contributed by atoms with Crippen molar-refractivity contribution in [3.63, 3.8) is 0 Å². The number of carbonyl (C=O) groups excluding carboxylic acids is 2. The molecule has 0 fully saturated rings. The van der Waals surface area contributed by atoms with E-state index in [1.54, 1.807) is 0 Å². The number of benzene rings is 1. The normalized spacial score (nSPS) is 11.3. The van der Waals surface area contributed by atoms with E-state index in [2.05, 4.69) is 12.2 Å². The van der Waals surface area contributed by atoms with Gasteiger partial charge in [0.1, 0.15) is 13.2 Å². The Morgan fingerprint density at radius 2 is 0.698 bits per heavy atom. The molecule has 17 nitrogen and oxygen atoms in total. The summed E-state index contributed by atoms with van der Waals surface area (Å²) in [5.41, 5.74) is 0.935. The number of rotatable bonds is 51. The van der Waals surface area contributed by atoms with Gasteiger partial charge < -0.3 is 71.6 Å². The second-order valence-electron chi connectivity index (χ2n) is 14.1. The van der Waals surface area contributed by atoms with Gasteiger partial charge >= 0.3 is 12.1 Å². The van der Waals surface area contributed by atoms with Crippen molar-refractivity contribution in [2.24, 2.45) is 0 Å². The molecule has 0 radical (unpaired) electrons. The van der Waals surface area contributed by atoms with E-state index in [9.17, 15) is 9.59 Å². The fraction of sp³-hybridized carbons (Fsp3) is 0.826. The highest BCUT2D eigenvalue weighted by Crippen LogP contribution is 2.11. The molecule has 0 aliphatic heterocycles. The molecule has 1 N–H and O–H groups in total. The summed E-state index contributed by atoms with van der Waals surface area (Å²) in [4.78, 5) is 23.5. The Hall–Kier alpha value is -2.52. The lowest BCUT2D eigenvalue weighted by atomic mass is 10.1. The second-order valence-corrected chi connectivity index (χ2v) is 14.1. The third-order valence-corrected chi connectivity index (χ3v) is 8.80. The molecule has 63 heavy (non-hydrogen) atoms. The van der Waals surface area contributed by atoms with E-state index < -0.39 is 6.09 Å². The Bertz CT molecular complexity index is 1080. The molecule has 0 unspecified atom stereocenters. The summed E-state index contributed by atoms with van der Waals surface area (Å²) in [6.45, 7) is 14.3. The van der Waals surface area contributed by atoms with Gasteiger partial charge in [-0.25, -0.2) is 4.79 Å². The van der Waals surface area contributed by atoms with Crippen molar-refractivity contribution >= 4 is 12.1 Å². The van der Waals surface area contributed by atoms with Crippen molar-refractivity contribution < 1.29 is 75.9 Å². The van der Waals surface area contributed by atoms with Crippen LogP contribution in [-0.2, 0) is 77.7 Å². The number of ether oxygens (including phenoxy) is 14. The molecule has 0 saturated carbocycles. The van der Waals surface area contributed by atoms with Gasteiger partial charge in [0.15, 0.2) is 0 Å². The van der Waals surface area contributed by atoms with E-state index in [0.29, 0.717) is 172 Å². The molecule has 0 aliphatic rings. The average molecular weight is 906 g/mol. The summed E-state index contributed by atoms with van der Waals surface area (Å²) in [5, 5.41) is 2.64. The number of hydrogen-bond donors (Lipinski definition) is 1. The first kappa shape index (κ1) is 58.5. The Labute approximate surface area is 377 Å². The zero-order valence-electron chi connectivity index (χ0n) is 38.6. The second kappa shape index (κ2) is 50.5. The molecule has 1 amide bonds. The molecule has 0 spiro atoms. The minimum Gasteiger partial charge on any atom is -0.463 e. The SMILES string of the molecule is CCCCCCCCCCCC(=O)OCCOCCOCCOCCOCCOCCOCCOCCOCCOCCOCCOCCOCCNC(=O)OCc1ccccc1. The maximum Gasteiger partial charge on any atom is 0.407 e. The number of nitrogens with one attached hydrogen (secondary N) is 1. The van der Waals surface area contributed by atoms with Crippen LogP contribution in [0.1, 0.15) is 76.7 Å². The maximum atomic E-state index is 11.8. The van der Waals surface area contributed by atoms with Gasteiger partial charge in [-0.1, -0.05) is 88.6 Å². The van der Waals surface area contributed by atoms with Gasteiger partial charge in [-0.15, -0.1) is 0 Å². The molecule has 0 heterocycles. The predicted octanol–water partition coefficient (Wildman–Crippen LogP) is 5.58. The molecule has 0 bridgehead atoms. The monoisotopic (exact) mass is 906 g/mol. The lowest BCUT2D eigenvalue weighted by Crippen LogP contribution is -2.28. The first-order chi connectivity index (χ1) is 31.2. The lowest BCUT2D eigenvalue weighted by Gasteiger charge is -2.09. The Morgan fingerprint density at radius 1 is 0.381 bits per heavy atom. The fourth-order valence-electron chi connectivity index (χ4n) is 5.39. The van der Waals surface area contributed by atoms with E-state index >= 15 is 0 Å². The highest BCUT2D eigenvalue weighted by atomic mass is 16.6. The topological polar surface area (TPSA) is 175 Å². The van der Waals surface area contributed by atoms with E-state index in [4.69, 9.17) is 66.3 Å². The summed E-state index contributed by atoms with van der Waals surface area (Å²) in [6, 6.07) is 9.50. The van der Waals surface area contributed by atoms with Gasteiger partial charge in [-0.05, 0) is 12.0 Å². The van der Waals surface area contributed by atoms with Crippen molar-refractivity contribution in [3.8, 4) is 0 Å². The first-order valence-electron chi connectivity index (χ1n) is 23.3. The largest absolute Gasteiger partial charge is 0.463 e. The molecule has 1 rings (SSSR count). The average Bonchev–Trinajstić information content (AvgIpc) is 3.30. The highest BCUT2D eigenvalue weighted by Gasteiger charge is 2.04. The Morgan fingerprint density at radius 3 is 1.06 bits per heavy atom. The predicted molar refractivity (Wildman–Crippen MR) is 237 cm³/mol. The van der Waals surface area contributed by atoms with Crippen LogP contribution in [0.2, 0.25) is 0 Å². The number of esters is 1. The maximum absolute atomic E-state index is 11.8. The van der Waals surface area contributed by atoms with E-state index in [-0.39, 0.29) is 19.2 Å². The van der Waals surface area contributed by atoms with Crippen LogP contribution in [0.3, 0.4) is 0 Å². The van der Waals surface area contributed by atoms with Gasteiger partial charge in [-0.3, -0.25) is 4.79 Å². The van der Waals surface area contributed by atoms with Gasteiger partial charge in [-0.2, -0.15) is 0 Å². The summed E-state index contributed by atoms with van der Waals surface area (Å²) < 4.78 is 76.2. The van der Waals surface area contributed by atoms with Crippen LogP contribution in [0.25, 0.3) is 0 Å². The molecular weight excluding hydrogens is 822 g/mol. The number of alkyl carbamates (subject to hydrolysis) is 1. The molecule has 1 aromatic rings. The molecule has 17 heteroatoms. The summed E-state index contributed by atoms with van der Waals surface area (Å²) in [7, 11) is 0. The van der Waals surface area contributed by atoms with E-state index in [1.165, 1.54) is 44.9 Å². The van der Waals surface area contributed by atoms with Crippen LogP contribution in [-0.4, -0.2) is 184 Å². The molecule has 0 aromatic heterocycles. The van der Waals surface area contributed by atoms with E-state index in [1.807, 2.05) is 30.3 Å². The lowest BCUT2D eigenvalue weighted by molar-refractivity contribution is -0.145. The first-order valence-corrected chi connectivity index (χ1v) is 23.3. The van der Waals surface area contributed by atoms with Gasteiger partial charge in [0.25, 0.3) is 0 Å². The standard InChI is InChI=1S/C46H83NO16/c1-2-3-4-5-6-7-8-9-13-16-45(48)62-42-41-61-40-39-60-38-37-59-36-35-58-34-33-57-32-31-56-30-29-55-28-27-54-26-25-53-24-23-52-22-21-51-20-19-50-18-17-47-46(49)63-43-44-14-11-10-12-15-44/h10-12,14-15H,2-9,13,16-43H2,1H3,(H,47,49). The molecule has 1 aromatic carbocycles. The summed E-state index contributed by atoms with van der Waals surface area (Å²) in [5.74, 6) is -0.142. The van der Waals surface area contributed by atoms with Crippen LogP contribution >= 0.6 is 0 Å². The zero-order valence-corrected chi connectivity index (χ0v) is 38.6. The molecule has 368 valence electrons. The molecule has 0 saturated heterocycles.